The standard InChI is InChI=1S/C13H15N5O2S/c1-3-18-8-12(14-9(18)2)21(19,20)17-13-10-6-4-5-7-11(10)15-16-13/h4-8H,3H2,1-2H3,(H2,15,16,17). The second-order valence-corrected chi connectivity index (χ2v) is 6.26. The van der Waals surface area contributed by atoms with Crippen LogP contribution >= 0.6 is 0 Å². The highest BCUT2D eigenvalue weighted by Gasteiger charge is 2.21. The molecule has 2 heterocycles. The third-order valence-electron chi connectivity index (χ3n) is 3.27. The van der Waals surface area contributed by atoms with E-state index in [1.807, 2.05) is 25.1 Å². The summed E-state index contributed by atoms with van der Waals surface area (Å²) in [5.41, 5.74) is 0.769. The highest BCUT2D eigenvalue weighted by atomic mass is 32.2. The Labute approximate surface area is 122 Å². The molecule has 110 valence electrons. The van der Waals surface area contributed by atoms with Gasteiger partial charge in [0.2, 0.25) is 0 Å². The molecule has 8 heteroatoms. The molecule has 3 rings (SSSR count). The quantitative estimate of drug-likeness (QED) is 0.770. The van der Waals surface area contributed by atoms with Crippen LogP contribution in [0.5, 0.6) is 0 Å². The molecule has 2 N–H and O–H groups in total. The molecule has 0 unspecified atom stereocenters. The van der Waals surface area contributed by atoms with Gasteiger partial charge in [-0.3, -0.25) is 9.82 Å². The Morgan fingerprint density at radius 3 is 2.81 bits per heavy atom. The summed E-state index contributed by atoms with van der Waals surface area (Å²) in [7, 11) is -3.75. The van der Waals surface area contributed by atoms with Gasteiger partial charge in [0.15, 0.2) is 10.8 Å². The molecule has 0 amide bonds. The van der Waals surface area contributed by atoms with Gasteiger partial charge in [0.25, 0.3) is 10.0 Å². The van der Waals surface area contributed by atoms with Crippen molar-refractivity contribution in [2.45, 2.75) is 25.4 Å². The first-order valence-corrected chi connectivity index (χ1v) is 7.99. The summed E-state index contributed by atoms with van der Waals surface area (Å²) >= 11 is 0. The van der Waals surface area contributed by atoms with Crippen LogP contribution in [-0.4, -0.2) is 28.2 Å². The summed E-state index contributed by atoms with van der Waals surface area (Å²) in [6.07, 6.45) is 1.52. The molecule has 21 heavy (non-hydrogen) atoms. The zero-order valence-electron chi connectivity index (χ0n) is 11.7. The largest absolute Gasteiger partial charge is 0.334 e. The van der Waals surface area contributed by atoms with Gasteiger partial charge in [-0.05, 0) is 26.0 Å². The van der Waals surface area contributed by atoms with Crippen molar-refractivity contribution >= 4 is 26.7 Å². The fourth-order valence-electron chi connectivity index (χ4n) is 2.15. The van der Waals surface area contributed by atoms with E-state index in [1.165, 1.54) is 6.20 Å². The van der Waals surface area contributed by atoms with E-state index in [0.29, 0.717) is 17.8 Å². The number of aryl methyl sites for hydroxylation is 2. The predicted molar refractivity (Wildman–Crippen MR) is 79.5 cm³/mol. The van der Waals surface area contributed by atoms with Gasteiger partial charge < -0.3 is 4.57 Å². The maximum absolute atomic E-state index is 12.4. The van der Waals surface area contributed by atoms with Gasteiger partial charge in [-0.2, -0.15) is 13.5 Å². The van der Waals surface area contributed by atoms with Crippen molar-refractivity contribution < 1.29 is 8.42 Å². The van der Waals surface area contributed by atoms with Crippen molar-refractivity contribution in [3.05, 3.63) is 36.3 Å². The molecule has 7 nitrogen and oxygen atoms in total. The van der Waals surface area contributed by atoms with Crippen LogP contribution in [-0.2, 0) is 16.6 Å². The van der Waals surface area contributed by atoms with Crippen LogP contribution in [0.3, 0.4) is 0 Å². The van der Waals surface area contributed by atoms with Crippen molar-refractivity contribution in [3.63, 3.8) is 0 Å². The molecule has 0 aliphatic carbocycles. The number of nitrogens with zero attached hydrogens (tertiary/aromatic N) is 3. The fourth-order valence-corrected chi connectivity index (χ4v) is 3.18. The van der Waals surface area contributed by atoms with E-state index < -0.39 is 10.0 Å². The van der Waals surface area contributed by atoms with Crippen LogP contribution in [0.4, 0.5) is 5.82 Å². The first-order valence-electron chi connectivity index (χ1n) is 6.51. The Bertz CT molecular complexity index is 894. The minimum absolute atomic E-state index is 0.00562. The molecule has 1 aromatic carbocycles. The average Bonchev–Trinajstić information content (AvgIpc) is 3.03. The predicted octanol–water partition coefficient (Wildman–Crippen LogP) is 1.89. The summed E-state index contributed by atoms with van der Waals surface area (Å²) in [6, 6.07) is 7.30. The highest BCUT2D eigenvalue weighted by molar-refractivity contribution is 7.92. The molecule has 0 radical (unpaired) electrons. The lowest BCUT2D eigenvalue weighted by Crippen LogP contribution is -2.14. The molecular weight excluding hydrogens is 290 g/mol. The molecule has 0 saturated carbocycles. The number of anilines is 1. The molecule has 0 bridgehead atoms. The van der Waals surface area contributed by atoms with Crippen LogP contribution in [0.25, 0.3) is 10.9 Å². The van der Waals surface area contributed by atoms with Gasteiger partial charge in [-0.15, -0.1) is 0 Å². The Morgan fingerprint density at radius 1 is 1.33 bits per heavy atom. The molecule has 0 aliphatic rings. The second kappa shape index (κ2) is 4.88. The minimum Gasteiger partial charge on any atom is -0.334 e. The first kappa shape index (κ1) is 13.6. The molecule has 0 atom stereocenters. The fraction of sp³-hybridized carbons (Fsp3) is 0.231. The average molecular weight is 305 g/mol. The number of hydrogen-bond donors (Lipinski definition) is 2. The van der Waals surface area contributed by atoms with Crippen LogP contribution < -0.4 is 4.72 Å². The Hall–Kier alpha value is -2.35. The van der Waals surface area contributed by atoms with E-state index in [1.54, 1.807) is 17.6 Å². The van der Waals surface area contributed by atoms with Crippen molar-refractivity contribution in [2.24, 2.45) is 0 Å². The summed E-state index contributed by atoms with van der Waals surface area (Å²) in [4.78, 5) is 4.09. The van der Waals surface area contributed by atoms with Crippen molar-refractivity contribution in [3.8, 4) is 0 Å². The van der Waals surface area contributed by atoms with Gasteiger partial charge in [0.1, 0.15) is 5.82 Å². The lowest BCUT2D eigenvalue weighted by atomic mass is 10.2. The van der Waals surface area contributed by atoms with Gasteiger partial charge in [0, 0.05) is 18.1 Å². The van der Waals surface area contributed by atoms with Crippen molar-refractivity contribution in [1.29, 1.82) is 0 Å². The number of sulfonamides is 1. The Morgan fingerprint density at radius 2 is 2.10 bits per heavy atom. The number of aromatic amines is 1. The van der Waals surface area contributed by atoms with E-state index in [-0.39, 0.29) is 10.8 Å². The number of nitrogens with one attached hydrogen (secondary N) is 2. The lowest BCUT2D eigenvalue weighted by molar-refractivity contribution is 0.597. The summed E-state index contributed by atoms with van der Waals surface area (Å²) in [5, 5.41) is 7.50. The maximum Gasteiger partial charge on any atom is 0.282 e. The van der Waals surface area contributed by atoms with Crippen molar-refractivity contribution in [2.75, 3.05) is 4.72 Å². The van der Waals surface area contributed by atoms with Crippen LogP contribution in [0.2, 0.25) is 0 Å². The monoisotopic (exact) mass is 305 g/mol. The third kappa shape index (κ3) is 2.38. The van der Waals surface area contributed by atoms with E-state index in [9.17, 15) is 8.42 Å². The van der Waals surface area contributed by atoms with Gasteiger partial charge in [-0.25, -0.2) is 4.98 Å². The van der Waals surface area contributed by atoms with E-state index in [2.05, 4.69) is 19.9 Å². The number of hydrogen-bond acceptors (Lipinski definition) is 4. The number of benzene rings is 1. The van der Waals surface area contributed by atoms with Crippen LogP contribution in [0, 0.1) is 6.92 Å². The Balaban J connectivity index is 1.99. The zero-order chi connectivity index (χ0) is 15.0. The summed E-state index contributed by atoms with van der Waals surface area (Å²) < 4.78 is 29.0. The molecular formula is C13H15N5O2S. The molecule has 2 aromatic heterocycles. The summed E-state index contributed by atoms with van der Waals surface area (Å²) in [5.74, 6) is 0.930. The second-order valence-electron chi connectivity index (χ2n) is 4.64. The number of imidazole rings is 1. The topological polar surface area (TPSA) is 92.7 Å². The SMILES string of the molecule is CCn1cc(S(=O)(=O)Nc2n[nH]c3ccccc23)nc1C. The van der Waals surface area contributed by atoms with E-state index in [0.717, 1.165) is 5.52 Å². The van der Waals surface area contributed by atoms with Gasteiger partial charge in [-0.1, -0.05) is 12.1 Å². The van der Waals surface area contributed by atoms with E-state index >= 15 is 0 Å². The minimum atomic E-state index is -3.75. The van der Waals surface area contributed by atoms with E-state index in [4.69, 9.17) is 0 Å². The Kier molecular flexibility index (Phi) is 3.17. The number of fused-ring (bicyclic) bond motifs is 1. The maximum atomic E-state index is 12.4. The number of para-hydroxylation sites is 1. The molecule has 3 aromatic rings. The van der Waals surface area contributed by atoms with Gasteiger partial charge in [0.05, 0.1) is 5.52 Å². The highest BCUT2D eigenvalue weighted by Crippen LogP contribution is 2.22. The molecule has 0 aliphatic heterocycles. The van der Waals surface area contributed by atoms with Crippen LogP contribution in [0.15, 0.2) is 35.5 Å². The molecule has 0 fully saturated rings. The molecule has 0 spiro atoms. The molecule has 0 saturated heterocycles. The normalized spacial score (nSPS) is 11.9. The third-order valence-corrected chi connectivity index (χ3v) is 4.48. The van der Waals surface area contributed by atoms with Crippen molar-refractivity contribution in [1.82, 2.24) is 19.7 Å². The summed E-state index contributed by atoms with van der Waals surface area (Å²) in [6.45, 7) is 4.37. The smallest absolute Gasteiger partial charge is 0.282 e. The first-order chi connectivity index (χ1) is 10.0. The zero-order valence-corrected chi connectivity index (χ0v) is 12.5. The van der Waals surface area contributed by atoms with Gasteiger partial charge >= 0.3 is 0 Å². The number of H-pyrrole nitrogens is 1. The lowest BCUT2D eigenvalue weighted by Gasteiger charge is -2.02. The van der Waals surface area contributed by atoms with Crippen LogP contribution in [0.1, 0.15) is 12.7 Å². The number of aromatic nitrogens is 4. The number of rotatable bonds is 4.